The van der Waals surface area contributed by atoms with Gasteiger partial charge in [-0.05, 0) is 119 Å². The van der Waals surface area contributed by atoms with E-state index in [9.17, 15) is 0 Å². The molecule has 4 heteroatoms. The maximum Gasteiger partial charge on any atom is 0.252 e. The van der Waals surface area contributed by atoms with Crippen LogP contribution in [0.2, 0.25) is 0 Å². The normalized spacial score (nSPS) is 14.3. The summed E-state index contributed by atoms with van der Waals surface area (Å²) in [6.07, 6.45) is 3.52. The molecule has 0 saturated carbocycles. The van der Waals surface area contributed by atoms with E-state index in [1.54, 1.807) is 5.56 Å². The van der Waals surface area contributed by atoms with Crippen molar-refractivity contribution >= 4 is 68.6 Å². The zero-order valence-electron chi connectivity index (χ0n) is 29.6. The highest BCUT2D eigenvalue weighted by Crippen LogP contribution is 2.48. The highest BCUT2D eigenvalue weighted by molar-refractivity contribution is 7.00. The van der Waals surface area contributed by atoms with E-state index in [0.29, 0.717) is 11.8 Å². The van der Waals surface area contributed by atoms with E-state index in [1.807, 2.05) is 0 Å². The Morgan fingerprint density at radius 2 is 1.22 bits per heavy atom. The van der Waals surface area contributed by atoms with E-state index in [4.69, 9.17) is 0 Å². The minimum Gasteiger partial charge on any atom is -0.342 e. The van der Waals surface area contributed by atoms with Gasteiger partial charge in [0.25, 0.3) is 6.71 Å². The molecule has 0 radical (unpaired) electrons. The average Bonchev–Trinajstić information content (AvgIpc) is 3.38. The second kappa shape index (κ2) is 12.3. The van der Waals surface area contributed by atoms with Crippen LogP contribution in [-0.2, 0) is 6.42 Å². The maximum atomic E-state index is 2.72. The molecule has 0 unspecified atom stereocenters. The van der Waals surface area contributed by atoms with Crippen LogP contribution in [0, 0.1) is 0 Å². The standard InChI is InChI=1S/C46H44BN3/c1-31(2)33-23-25-40-42(28-33)50(36-20-12-7-13-21-36)44-30-37(49(34-16-8-5-9-17-34)35-18-10-6-11-19-35)29-43-45(44)47(40)41-26-24-38(32(3)4)39-22-14-15-27-48(43)46(39)41/h5-13,16-21,23-26,28-32H,14-15,22,27H2,1-4H3. The lowest BCUT2D eigenvalue weighted by Crippen LogP contribution is -2.62. The smallest absolute Gasteiger partial charge is 0.252 e. The molecular formula is C46H44BN3. The Morgan fingerprint density at radius 3 is 1.88 bits per heavy atom. The van der Waals surface area contributed by atoms with Gasteiger partial charge in [-0.1, -0.05) is 107 Å². The van der Waals surface area contributed by atoms with Gasteiger partial charge in [0, 0.05) is 46.4 Å². The lowest BCUT2D eigenvalue weighted by atomic mass is 9.33. The van der Waals surface area contributed by atoms with E-state index in [0.717, 1.165) is 24.3 Å². The van der Waals surface area contributed by atoms with Crippen molar-refractivity contribution < 1.29 is 0 Å². The van der Waals surface area contributed by atoms with Gasteiger partial charge in [-0.3, -0.25) is 0 Å². The predicted molar refractivity (Wildman–Crippen MR) is 215 cm³/mol. The SMILES string of the molecule is CC(C)c1ccc2c(c1)N(c1ccccc1)c1cc(N(c3ccccc3)c3ccccc3)cc3c1B2c1ccc(C(C)C)c2c1N3CCCC2. The fourth-order valence-electron chi connectivity index (χ4n) is 8.81. The maximum absolute atomic E-state index is 2.72. The van der Waals surface area contributed by atoms with Gasteiger partial charge in [-0.25, -0.2) is 0 Å². The summed E-state index contributed by atoms with van der Waals surface area (Å²) in [5, 5.41) is 0. The molecule has 6 aromatic rings. The molecule has 9 rings (SSSR count). The summed E-state index contributed by atoms with van der Waals surface area (Å²) in [6.45, 7) is 10.5. The fourth-order valence-corrected chi connectivity index (χ4v) is 8.81. The second-order valence-corrected chi connectivity index (χ2v) is 14.8. The van der Waals surface area contributed by atoms with Crippen molar-refractivity contribution in [3.05, 3.63) is 150 Å². The number of hydrogen-bond donors (Lipinski definition) is 0. The Kier molecular flexibility index (Phi) is 7.57. The molecular weight excluding hydrogens is 605 g/mol. The Balaban J connectivity index is 1.41. The Hall–Kier alpha value is -5.22. The first-order chi connectivity index (χ1) is 24.5. The Bertz CT molecular complexity index is 2150. The summed E-state index contributed by atoms with van der Waals surface area (Å²) in [6, 6.07) is 50.0. The Labute approximate surface area is 297 Å². The van der Waals surface area contributed by atoms with Crippen molar-refractivity contribution in [3.8, 4) is 0 Å². The minimum atomic E-state index is 0.149. The van der Waals surface area contributed by atoms with Crippen LogP contribution in [0.5, 0.6) is 0 Å². The highest BCUT2D eigenvalue weighted by Gasteiger charge is 2.45. The van der Waals surface area contributed by atoms with E-state index < -0.39 is 0 Å². The van der Waals surface area contributed by atoms with Crippen LogP contribution in [0.3, 0.4) is 0 Å². The van der Waals surface area contributed by atoms with E-state index in [2.05, 4.69) is 176 Å². The van der Waals surface area contributed by atoms with Crippen molar-refractivity contribution in [2.45, 2.75) is 58.8 Å². The first-order valence-electron chi connectivity index (χ1n) is 18.5. The van der Waals surface area contributed by atoms with Gasteiger partial charge in [0.2, 0.25) is 0 Å². The van der Waals surface area contributed by atoms with Crippen LogP contribution in [0.15, 0.2) is 133 Å². The van der Waals surface area contributed by atoms with Crippen LogP contribution in [0.1, 0.15) is 69.1 Å². The molecule has 246 valence electrons. The van der Waals surface area contributed by atoms with Crippen LogP contribution in [0.4, 0.5) is 45.5 Å². The summed E-state index contributed by atoms with van der Waals surface area (Å²) < 4.78 is 0. The lowest BCUT2D eigenvalue weighted by Gasteiger charge is -2.45. The van der Waals surface area contributed by atoms with Gasteiger partial charge in [-0.15, -0.1) is 0 Å². The van der Waals surface area contributed by atoms with Crippen molar-refractivity contribution in [2.75, 3.05) is 21.2 Å². The monoisotopic (exact) mass is 649 g/mol. The van der Waals surface area contributed by atoms with Gasteiger partial charge < -0.3 is 14.7 Å². The quantitative estimate of drug-likeness (QED) is 0.166. The molecule has 0 N–H and O–H groups in total. The molecule has 3 heterocycles. The lowest BCUT2D eigenvalue weighted by molar-refractivity contribution is 0.752. The summed E-state index contributed by atoms with van der Waals surface area (Å²) in [7, 11) is 0. The molecule has 0 spiro atoms. The number of rotatable bonds is 6. The number of benzene rings is 6. The summed E-state index contributed by atoms with van der Waals surface area (Å²) >= 11 is 0. The fraction of sp³-hybridized carbons (Fsp3) is 0.217. The van der Waals surface area contributed by atoms with Crippen molar-refractivity contribution in [1.29, 1.82) is 0 Å². The molecule has 3 aliphatic rings. The Morgan fingerprint density at radius 1 is 0.580 bits per heavy atom. The summed E-state index contributed by atoms with van der Waals surface area (Å²) in [4.78, 5) is 7.71. The molecule has 0 saturated heterocycles. The van der Waals surface area contributed by atoms with Crippen LogP contribution in [0.25, 0.3) is 0 Å². The number of fused-ring (bicyclic) bond motifs is 4. The predicted octanol–water partition coefficient (Wildman–Crippen LogP) is 10.5. The van der Waals surface area contributed by atoms with Crippen LogP contribution < -0.4 is 31.1 Å². The number of anilines is 8. The van der Waals surface area contributed by atoms with Gasteiger partial charge in [-0.2, -0.15) is 0 Å². The minimum absolute atomic E-state index is 0.149. The number of para-hydroxylation sites is 3. The van der Waals surface area contributed by atoms with Crippen molar-refractivity contribution in [3.63, 3.8) is 0 Å². The molecule has 3 aliphatic heterocycles. The molecule has 0 fully saturated rings. The molecule has 0 aliphatic carbocycles. The summed E-state index contributed by atoms with van der Waals surface area (Å²) in [5.41, 5.74) is 18.7. The van der Waals surface area contributed by atoms with Crippen LogP contribution in [-0.4, -0.2) is 13.3 Å². The first kappa shape index (κ1) is 30.8. The summed E-state index contributed by atoms with van der Waals surface area (Å²) in [5.74, 6) is 0.905. The molecule has 50 heavy (non-hydrogen) atoms. The van der Waals surface area contributed by atoms with E-state index >= 15 is 0 Å². The van der Waals surface area contributed by atoms with Gasteiger partial charge in [0.05, 0.1) is 5.69 Å². The number of nitrogens with zero attached hydrogens (tertiary/aromatic N) is 3. The zero-order valence-corrected chi connectivity index (χ0v) is 29.6. The third kappa shape index (κ3) is 4.88. The van der Waals surface area contributed by atoms with Gasteiger partial charge in [0.15, 0.2) is 0 Å². The molecule has 0 aromatic heterocycles. The molecule has 3 nitrogen and oxygen atoms in total. The van der Waals surface area contributed by atoms with Crippen molar-refractivity contribution in [2.24, 2.45) is 0 Å². The second-order valence-electron chi connectivity index (χ2n) is 14.8. The third-order valence-corrected chi connectivity index (χ3v) is 11.1. The van der Waals surface area contributed by atoms with Crippen molar-refractivity contribution in [1.82, 2.24) is 0 Å². The van der Waals surface area contributed by atoms with Crippen LogP contribution >= 0.6 is 0 Å². The van der Waals surface area contributed by atoms with E-state index in [-0.39, 0.29) is 6.71 Å². The van der Waals surface area contributed by atoms with Gasteiger partial charge >= 0.3 is 0 Å². The van der Waals surface area contributed by atoms with Gasteiger partial charge in [0.1, 0.15) is 0 Å². The average molecular weight is 650 g/mol. The molecule has 0 bridgehead atoms. The largest absolute Gasteiger partial charge is 0.342 e. The zero-order chi connectivity index (χ0) is 33.9. The third-order valence-electron chi connectivity index (χ3n) is 11.1. The topological polar surface area (TPSA) is 9.72 Å². The van der Waals surface area contributed by atoms with E-state index in [1.165, 1.54) is 74.5 Å². The molecule has 6 aromatic carbocycles. The molecule has 0 amide bonds. The number of hydrogen-bond acceptors (Lipinski definition) is 3. The highest BCUT2D eigenvalue weighted by atomic mass is 15.2. The molecule has 0 atom stereocenters. The first-order valence-corrected chi connectivity index (χ1v) is 18.5.